The number of methoxy groups -OCH3 is 1. The van der Waals surface area contributed by atoms with Gasteiger partial charge in [-0.05, 0) is 55.3 Å². The fourth-order valence-electron chi connectivity index (χ4n) is 5.78. The molecule has 4 aromatic rings. The molecule has 220 valence electrons. The number of hydrogen-bond acceptors (Lipinski definition) is 7. The summed E-state index contributed by atoms with van der Waals surface area (Å²) in [6, 6.07) is 6.49. The quantitative estimate of drug-likeness (QED) is 0.219. The van der Waals surface area contributed by atoms with E-state index in [0.717, 1.165) is 37.2 Å². The zero-order valence-electron chi connectivity index (χ0n) is 23.5. The van der Waals surface area contributed by atoms with Gasteiger partial charge in [0.05, 0.1) is 25.6 Å². The largest absolute Gasteiger partial charge is 0.496 e. The van der Waals surface area contributed by atoms with E-state index in [1.807, 2.05) is 6.07 Å². The maximum atomic E-state index is 15.4. The molecule has 1 atom stereocenters. The molecule has 1 amide bonds. The molecule has 0 aliphatic carbocycles. The Morgan fingerprint density at radius 2 is 2.02 bits per heavy atom. The van der Waals surface area contributed by atoms with Crippen LogP contribution in [0, 0.1) is 17.6 Å². The summed E-state index contributed by atoms with van der Waals surface area (Å²) < 4.78 is 43.8. The van der Waals surface area contributed by atoms with Gasteiger partial charge in [-0.2, -0.15) is 0 Å². The minimum absolute atomic E-state index is 0.158. The summed E-state index contributed by atoms with van der Waals surface area (Å²) >= 11 is 2.13. The van der Waals surface area contributed by atoms with E-state index >= 15 is 8.78 Å². The van der Waals surface area contributed by atoms with Gasteiger partial charge in [0.2, 0.25) is 0 Å². The summed E-state index contributed by atoms with van der Waals surface area (Å²) in [5.74, 6) is -1.57. The molecule has 6 rings (SSSR count). The number of likely N-dealkylation sites (N-methyl/N-ethyl adjacent to an activating group) is 1. The number of carbonyl (C=O) groups is 1. The first kappa shape index (κ1) is 29.3. The molecule has 2 aromatic heterocycles. The third kappa shape index (κ3) is 5.49. The van der Waals surface area contributed by atoms with E-state index in [1.54, 1.807) is 30.5 Å². The predicted molar refractivity (Wildman–Crippen MR) is 168 cm³/mol. The molecule has 4 heterocycles. The Hall–Kier alpha value is -2.81. The third-order valence-corrected chi connectivity index (χ3v) is 9.72. The van der Waals surface area contributed by atoms with Crippen molar-refractivity contribution in [1.29, 1.82) is 0 Å². The Balaban J connectivity index is 1.39. The highest BCUT2D eigenvalue weighted by Crippen LogP contribution is 2.37. The van der Waals surface area contributed by atoms with Crippen molar-refractivity contribution in [2.75, 3.05) is 47.5 Å². The fraction of sp³-hybridized carbons (Fsp3) is 0.367. The molecule has 0 saturated carbocycles. The molecule has 1 fully saturated rings. The van der Waals surface area contributed by atoms with Gasteiger partial charge >= 0.3 is 0 Å². The molecule has 0 radical (unpaired) electrons. The van der Waals surface area contributed by atoms with E-state index in [0.29, 0.717) is 42.2 Å². The van der Waals surface area contributed by atoms with Gasteiger partial charge in [-0.1, -0.05) is 0 Å². The van der Waals surface area contributed by atoms with Crippen LogP contribution in [0.2, 0.25) is 0 Å². The van der Waals surface area contributed by atoms with E-state index in [9.17, 15) is 4.79 Å². The number of carbonyl (C=O) groups excluding carboxylic acids is 1. The number of fused-ring (bicyclic) bond motifs is 2. The summed E-state index contributed by atoms with van der Waals surface area (Å²) in [5.41, 5.74) is 5.17. The molecule has 8 nitrogen and oxygen atoms in total. The number of halogens is 3. The molecule has 0 spiro atoms. The summed E-state index contributed by atoms with van der Waals surface area (Å²) in [6.07, 6.45) is 5.18. The molecular weight excluding hydrogens is 675 g/mol. The zero-order chi connectivity index (χ0) is 29.5. The highest BCUT2D eigenvalue weighted by molar-refractivity contribution is 14.2. The first-order chi connectivity index (χ1) is 20.3. The van der Waals surface area contributed by atoms with Crippen molar-refractivity contribution in [2.24, 2.45) is 5.92 Å². The van der Waals surface area contributed by atoms with Gasteiger partial charge in [-0.3, -0.25) is 8.77 Å². The smallest absolute Gasteiger partial charge is 0.259 e. The van der Waals surface area contributed by atoms with Crippen LogP contribution in [0.3, 0.4) is 0 Å². The normalized spacial score (nSPS) is 17.0. The van der Waals surface area contributed by atoms with Crippen molar-refractivity contribution in [3.8, 4) is 28.1 Å². The maximum Gasteiger partial charge on any atom is 0.259 e. The van der Waals surface area contributed by atoms with Gasteiger partial charge < -0.3 is 19.3 Å². The van der Waals surface area contributed by atoms with Crippen LogP contribution in [0.5, 0.6) is 5.75 Å². The van der Waals surface area contributed by atoms with Crippen LogP contribution in [0.15, 0.2) is 36.7 Å². The SMILES string of the molecule is COc1cc(-c2cnc3c(n2)c(-c2cc(F)c(C(=O)N(C)CC4CCOC4)c(F)c2)cn3SI)cc2c1CN(C)CC2. The van der Waals surface area contributed by atoms with Gasteiger partial charge in [0.15, 0.2) is 5.65 Å². The van der Waals surface area contributed by atoms with Gasteiger partial charge in [0.25, 0.3) is 5.91 Å². The van der Waals surface area contributed by atoms with Crippen molar-refractivity contribution in [3.63, 3.8) is 0 Å². The summed E-state index contributed by atoms with van der Waals surface area (Å²) in [6.45, 7) is 3.31. The van der Waals surface area contributed by atoms with Crippen molar-refractivity contribution < 1.29 is 23.0 Å². The van der Waals surface area contributed by atoms with Gasteiger partial charge in [0, 0.05) is 92.4 Å². The maximum absolute atomic E-state index is 15.4. The Labute approximate surface area is 259 Å². The molecule has 0 N–H and O–H groups in total. The number of hydrogen-bond donors (Lipinski definition) is 0. The molecule has 12 heteroatoms. The van der Waals surface area contributed by atoms with Crippen LogP contribution < -0.4 is 4.74 Å². The Kier molecular flexibility index (Phi) is 8.40. The van der Waals surface area contributed by atoms with E-state index in [4.69, 9.17) is 14.5 Å². The lowest BCUT2D eigenvalue weighted by atomic mass is 9.95. The Morgan fingerprint density at radius 3 is 2.71 bits per heavy atom. The average molecular weight is 706 g/mol. The second-order valence-corrected chi connectivity index (χ2v) is 12.6. The minimum Gasteiger partial charge on any atom is -0.496 e. The molecule has 42 heavy (non-hydrogen) atoms. The lowest BCUT2D eigenvalue weighted by Crippen LogP contribution is -2.33. The van der Waals surface area contributed by atoms with Gasteiger partial charge in [-0.25, -0.2) is 18.7 Å². The summed E-state index contributed by atoms with van der Waals surface area (Å²) in [5, 5.41) is 0. The molecule has 2 aliphatic rings. The Morgan fingerprint density at radius 1 is 1.24 bits per heavy atom. The molecule has 1 saturated heterocycles. The number of benzene rings is 2. The summed E-state index contributed by atoms with van der Waals surface area (Å²) in [7, 11) is 6.69. The summed E-state index contributed by atoms with van der Waals surface area (Å²) in [4.78, 5) is 26.3. The number of nitrogens with zero attached hydrogens (tertiary/aromatic N) is 5. The van der Waals surface area contributed by atoms with Crippen LogP contribution in [0.4, 0.5) is 8.78 Å². The molecule has 2 aliphatic heterocycles. The predicted octanol–water partition coefficient (Wildman–Crippen LogP) is 5.99. The molecular formula is C30H30F2IN5O3S. The van der Waals surface area contributed by atoms with Crippen molar-refractivity contribution >= 4 is 47.4 Å². The van der Waals surface area contributed by atoms with E-state index in [1.165, 1.54) is 37.3 Å². The topological polar surface area (TPSA) is 72.7 Å². The third-order valence-electron chi connectivity index (χ3n) is 8.02. The number of amides is 1. The van der Waals surface area contributed by atoms with Crippen molar-refractivity contribution in [1.82, 2.24) is 23.7 Å². The molecule has 1 unspecified atom stereocenters. The lowest BCUT2D eigenvalue weighted by molar-refractivity contribution is 0.0756. The molecule has 2 aromatic carbocycles. The zero-order valence-corrected chi connectivity index (χ0v) is 26.5. The fourth-order valence-corrected chi connectivity index (χ4v) is 7.03. The van der Waals surface area contributed by atoms with E-state index < -0.39 is 23.1 Å². The Bertz CT molecular complexity index is 1640. The van der Waals surface area contributed by atoms with Crippen molar-refractivity contribution in [3.05, 3.63) is 65.0 Å². The number of rotatable bonds is 7. The van der Waals surface area contributed by atoms with Crippen molar-refractivity contribution in [2.45, 2.75) is 19.4 Å². The number of aromatic nitrogens is 3. The second kappa shape index (κ2) is 12.1. The van der Waals surface area contributed by atoms with Gasteiger partial charge in [-0.15, -0.1) is 0 Å². The van der Waals surface area contributed by atoms with Gasteiger partial charge in [0.1, 0.15) is 28.5 Å². The molecule has 0 bridgehead atoms. The van der Waals surface area contributed by atoms with E-state index in [-0.39, 0.29) is 11.5 Å². The second-order valence-electron chi connectivity index (χ2n) is 10.9. The van der Waals surface area contributed by atoms with Crippen LogP contribution in [0.25, 0.3) is 33.5 Å². The first-order valence-corrected chi connectivity index (χ1v) is 17.0. The van der Waals surface area contributed by atoms with Crippen LogP contribution in [-0.4, -0.2) is 77.2 Å². The van der Waals surface area contributed by atoms with Crippen LogP contribution in [-0.2, 0) is 17.7 Å². The average Bonchev–Trinajstić information content (AvgIpc) is 3.63. The monoisotopic (exact) mass is 705 g/mol. The lowest BCUT2D eigenvalue weighted by Gasteiger charge is -2.27. The van der Waals surface area contributed by atoms with Crippen LogP contribution >= 0.6 is 30.3 Å². The standard InChI is InChI=1S/C30H30F2IN5O3S/c1-36-6-4-18-8-20(11-26(40-3)21(18)14-36)25-12-34-29-28(35-25)22(15-38(29)42-33)19-9-23(31)27(24(32)10-19)30(39)37(2)13-17-5-7-41-16-17/h8-12,15,17H,4-7,13-14,16H2,1-3H3. The first-order valence-electron chi connectivity index (χ1n) is 13.7. The van der Waals surface area contributed by atoms with Crippen LogP contribution in [0.1, 0.15) is 27.9 Å². The highest BCUT2D eigenvalue weighted by atomic mass is 127. The highest BCUT2D eigenvalue weighted by Gasteiger charge is 2.27. The number of ether oxygens (including phenoxy) is 2. The minimum atomic E-state index is -0.916. The van der Waals surface area contributed by atoms with E-state index in [2.05, 4.69) is 44.2 Å².